The number of nitrogens with zero attached hydrogens (tertiary/aromatic N) is 1. The van der Waals surface area contributed by atoms with Gasteiger partial charge in [0.2, 0.25) is 0 Å². The van der Waals surface area contributed by atoms with Crippen LogP contribution < -0.4 is 5.32 Å². The molecule has 2 nitrogen and oxygen atoms in total. The number of hydrogen-bond acceptors (Lipinski definition) is 2. The molecule has 0 bridgehead atoms. The molecule has 0 saturated heterocycles. The normalized spacial score (nSPS) is 22.6. The van der Waals surface area contributed by atoms with Gasteiger partial charge in [0.25, 0.3) is 0 Å². The summed E-state index contributed by atoms with van der Waals surface area (Å²) in [5.41, 5.74) is 2.03. The van der Waals surface area contributed by atoms with Gasteiger partial charge in [0.15, 0.2) is 0 Å². The zero-order chi connectivity index (χ0) is 20.3. The van der Waals surface area contributed by atoms with Gasteiger partial charge in [-0.25, -0.2) is 0 Å². The number of halogens is 3. The highest BCUT2D eigenvalue weighted by molar-refractivity contribution is 5.59. The molecule has 0 fully saturated rings. The minimum atomic E-state index is -4.35. The molecule has 1 aliphatic rings. The molecule has 0 saturated carbocycles. The maximum atomic E-state index is 13.2. The number of nitrogens with one attached hydrogen (secondary N) is 1. The van der Waals surface area contributed by atoms with Crippen LogP contribution in [0, 0.1) is 23.2 Å². The van der Waals surface area contributed by atoms with Crippen LogP contribution in [0.1, 0.15) is 61.8 Å². The van der Waals surface area contributed by atoms with Gasteiger partial charge in [0, 0.05) is 12.1 Å². The Bertz CT molecular complexity index is 839. The Morgan fingerprint density at radius 1 is 1.14 bits per heavy atom. The van der Waals surface area contributed by atoms with Crippen molar-refractivity contribution < 1.29 is 13.2 Å². The monoisotopic (exact) mass is 386 g/mol. The second-order valence-corrected chi connectivity index (χ2v) is 7.83. The summed E-state index contributed by atoms with van der Waals surface area (Å²) < 4.78 is 39.6. The average Bonchev–Trinajstić information content (AvgIpc) is 2.67. The first kappa shape index (κ1) is 20.3. The van der Waals surface area contributed by atoms with Crippen LogP contribution in [0.3, 0.4) is 0 Å². The van der Waals surface area contributed by atoms with E-state index in [1.54, 1.807) is 6.07 Å². The Hall–Kier alpha value is -2.48. The van der Waals surface area contributed by atoms with E-state index >= 15 is 0 Å². The molecule has 0 aliphatic carbocycles. The third-order valence-electron chi connectivity index (χ3n) is 5.84. The highest BCUT2D eigenvalue weighted by Crippen LogP contribution is 2.48. The van der Waals surface area contributed by atoms with Crippen molar-refractivity contribution in [3.63, 3.8) is 0 Å². The maximum Gasteiger partial charge on any atom is 0.416 e. The number of fused-ring (bicyclic) bond motifs is 1. The minimum Gasteiger partial charge on any atom is -0.378 e. The lowest BCUT2D eigenvalue weighted by atomic mass is 9.73. The summed E-state index contributed by atoms with van der Waals surface area (Å²) in [6.45, 7) is 4.08. The van der Waals surface area contributed by atoms with E-state index in [0.717, 1.165) is 35.7 Å². The largest absolute Gasteiger partial charge is 0.416 e. The van der Waals surface area contributed by atoms with Crippen molar-refractivity contribution in [3.05, 3.63) is 65.2 Å². The topological polar surface area (TPSA) is 35.8 Å². The lowest BCUT2D eigenvalue weighted by molar-refractivity contribution is -0.137. The van der Waals surface area contributed by atoms with Crippen molar-refractivity contribution in [2.45, 2.75) is 51.2 Å². The number of nitriles is 1. The van der Waals surface area contributed by atoms with Gasteiger partial charge in [-0.15, -0.1) is 0 Å². The predicted molar refractivity (Wildman–Crippen MR) is 105 cm³/mol. The summed E-state index contributed by atoms with van der Waals surface area (Å²) in [6.07, 6.45) is -2.12. The molecule has 2 aromatic carbocycles. The summed E-state index contributed by atoms with van der Waals surface area (Å²) in [4.78, 5) is 0. The molecular formula is C23H25F3N2. The molecule has 1 aliphatic heterocycles. The Kier molecular flexibility index (Phi) is 5.98. The molecule has 1 N–H and O–H groups in total. The van der Waals surface area contributed by atoms with Crippen molar-refractivity contribution in [1.82, 2.24) is 0 Å². The summed E-state index contributed by atoms with van der Waals surface area (Å²) in [5, 5.41) is 12.4. The van der Waals surface area contributed by atoms with E-state index in [4.69, 9.17) is 5.26 Å². The van der Waals surface area contributed by atoms with Gasteiger partial charge < -0.3 is 5.32 Å². The first-order valence-electron chi connectivity index (χ1n) is 9.70. The van der Waals surface area contributed by atoms with Gasteiger partial charge in [-0.05, 0) is 59.9 Å². The van der Waals surface area contributed by atoms with Crippen LogP contribution in [-0.2, 0) is 6.18 Å². The third-order valence-corrected chi connectivity index (χ3v) is 5.84. The van der Waals surface area contributed by atoms with Crippen LogP contribution in [0.15, 0.2) is 48.5 Å². The Morgan fingerprint density at radius 2 is 1.86 bits per heavy atom. The molecule has 1 unspecified atom stereocenters. The summed E-state index contributed by atoms with van der Waals surface area (Å²) in [6, 6.07) is 16.3. The molecule has 148 valence electrons. The number of anilines is 1. The van der Waals surface area contributed by atoms with Gasteiger partial charge in [0.1, 0.15) is 0 Å². The SMILES string of the molecule is CC1c2cc(C(F)(F)F)ccc2N[C@@H](c2ccccc2)[C@@H]1CC[C@@H](C)CC#N. The molecule has 0 aromatic heterocycles. The Balaban J connectivity index is 1.95. The fraction of sp³-hybridized carbons (Fsp3) is 0.435. The van der Waals surface area contributed by atoms with Crippen molar-refractivity contribution in [2.75, 3.05) is 5.32 Å². The van der Waals surface area contributed by atoms with E-state index in [0.29, 0.717) is 6.42 Å². The van der Waals surface area contributed by atoms with Crippen LogP contribution in [-0.4, -0.2) is 0 Å². The molecule has 0 radical (unpaired) electrons. The second-order valence-electron chi connectivity index (χ2n) is 7.83. The summed E-state index contributed by atoms with van der Waals surface area (Å²) in [5.74, 6) is 0.411. The maximum absolute atomic E-state index is 13.2. The smallest absolute Gasteiger partial charge is 0.378 e. The predicted octanol–water partition coefficient (Wildman–Crippen LogP) is 6.92. The molecule has 1 heterocycles. The van der Waals surface area contributed by atoms with Crippen molar-refractivity contribution in [3.8, 4) is 6.07 Å². The molecule has 3 rings (SSSR count). The quantitative estimate of drug-likeness (QED) is 0.605. The highest BCUT2D eigenvalue weighted by Gasteiger charge is 2.37. The lowest BCUT2D eigenvalue weighted by Crippen LogP contribution is -2.31. The van der Waals surface area contributed by atoms with E-state index in [1.807, 2.05) is 25.1 Å². The molecule has 0 amide bonds. The summed E-state index contributed by atoms with van der Waals surface area (Å²) in [7, 11) is 0. The average molecular weight is 386 g/mol. The van der Waals surface area contributed by atoms with E-state index in [9.17, 15) is 13.2 Å². The molecule has 5 heteroatoms. The molecule has 2 aromatic rings. The molecule has 28 heavy (non-hydrogen) atoms. The van der Waals surface area contributed by atoms with Crippen molar-refractivity contribution in [1.29, 1.82) is 5.26 Å². The lowest BCUT2D eigenvalue weighted by Gasteiger charge is -2.40. The van der Waals surface area contributed by atoms with E-state index < -0.39 is 11.7 Å². The number of alkyl halides is 3. The fourth-order valence-electron chi connectivity index (χ4n) is 4.18. The Labute approximate surface area is 164 Å². The van der Waals surface area contributed by atoms with Gasteiger partial charge in [-0.1, -0.05) is 44.2 Å². The standard InChI is InChI=1S/C23H25F3N2/c1-15(12-13-27)8-10-19-16(2)20-14-18(23(24,25)26)9-11-21(20)28-22(19)17-6-4-3-5-7-17/h3-7,9,11,14-16,19,22,28H,8,10,12H2,1-2H3/t15-,16?,19-,22+/m1/s1. The fourth-order valence-corrected chi connectivity index (χ4v) is 4.18. The van der Waals surface area contributed by atoms with Crippen molar-refractivity contribution in [2.24, 2.45) is 11.8 Å². The van der Waals surface area contributed by atoms with Crippen LogP contribution in [0.2, 0.25) is 0 Å². The van der Waals surface area contributed by atoms with Crippen LogP contribution >= 0.6 is 0 Å². The first-order valence-corrected chi connectivity index (χ1v) is 9.70. The number of benzene rings is 2. The van der Waals surface area contributed by atoms with E-state index in [-0.39, 0.29) is 23.8 Å². The molecule has 4 atom stereocenters. The molecular weight excluding hydrogens is 361 g/mol. The van der Waals surface area contributed by atoms with Crippen LogP contribution in [0.25, 0.3) is 0 Å². The van der Waals surface area contributed by atoms with Crippen LogP contribution in [0.4, 0.5) is 18.9 Å². The molecule has 0 spiro atoms. The zero-order valence-corrected chi connectivity index (χ0v) is 16.1. The van der Waals surface area contributed by atoms with E-state index in [1.165, 1.54) is 6.07 Å². The minimum absolute atomic E-state index is 0.0157. The highest BCUT2D eigenvalue weighted by atomic mass is 19.4. The van der Waals surface area contributed by atoms with Gasteiger partial charge in [-0.2, -0.15) is 18.4 Å². The van der Waals surface area contributed by atoms with Crippen LogP contribution in [0.5, 0.6) is 0 Å². The second kappa shape index (κ2) is 8.26. The Morgan fingerprint density at radius 3 is 2.50 bits per heavy atom. The summed E-state index contributed by atoms with van der Waals surface area (Å²) >= 11 is 0. The number of hydrogen-bond donors (Lipinski definition) is 1. The van der Waals surface area contributed by atoms with Gasteiger partial charge in [0.05, 0.1) is 17.7 Å². The zero-order valence-electron chi connectivity index (χ0n) is 16.1. The van der Waals surface area contributed by atoms with Gasteiger partial charge in [-0.3, -0.25) is 0 Å². The van der Waals surface area contributed by atoms with Crippen molar-refractivity contribution >= 4 is 5.69 Å². The van der Waals surface area contributed by atoms with Gasteiger partial charge >= 0.3 is 6.18 Å². The third kappa shape index (κ3) is 4.32. The first-order chi connectivity index (χ1) is 13.3. The number of rotatable bonds is 5. The van der Waals surface area contributed by atoms with E-state index in [2.05, 4.69) is 30.4 Å².